The first kappa shape index (κ1) is 25.2. The molecule has 36 heavy (non-hydrogen) atoms. The van der Waals surface area contributed by atoms with E-state index in [9.17, 15) is 13.6 Å². The summed E-state index contributed by atoms with van der Waals surface area (Å²) in [7, 11) is 1.60. The number of alkyl halides is 2. The van der Waals surface area contributed by atoms with Crippen LogP contribution in [-0.4, -0.2) is 56.4 Å². The fourth-order valence-electron chi connectivity index (χ4n) is 3.91. The molecule has 1 amide bonds. The van der Waals surface area contributed by atoms with E-state index < -0.39 is 6.43 Å². The first-order chi connectivity index (χ1) is 17.4. The number of aromatic nitrogens is 5. The van der Waals surface area contributed by atoms with Crippen molar-refractivity contribution >= 4 is 23.1 Å². The third-order valence-corrected chi connectivity index (χ3v) is 5.56. The molecule has 0 bridgehead atoms. The molecule has 12 heteroatoms. The number of nitrogens with one attached hydrogen (secondary N) is 2. The van der Waals surface area contributed by atoms with Gasteiger partial charge in [0.2, 0.25) is 0 Å². The number of halogens is 2. The maximum Gasteiger partial charge on any atom is 0.282 e. The van der Waals surface area contributed by atoms with Crippen molar-refractivity contribution in [2.45, 2.75) is 19.8 Å². The molecule has 0 unspecified atom stereocenters. The summed E-state index contributed by atoms with van der Waals surface area (Å²) in [5.74, 6) is 0.265. The summed E-state index contributed by atoms with van der Waals surface area (Å²) in [6.45, 7) is 3.63. The molecule has 0 radical (unpaired) electrons. The van der Waals surface area contributed by atoms with Crippen molar-refractivity contribution in [1.29, 1.82) is 0 Å². The van der Waals surface area contributed by atoms with Crippen LogP contribution >= 0.6 is 0 Å². The molecule has 4 N–H and O–H groups in total. The number of imidazole rings is 1. The maximum atomic E-state index is 13.5. The molecule has 10 nitrogen and oxygen atoms in total. The van der Waals surface area contributed by atoms with Crippen molar-refractivity contribution in [2.75, 3.05) is 31.6 Å². The minimum atomic E-state index is -2.71. The quantitative estimate of drug-likeness (QED) is 0.272. The number of amides is 1. The first-order valence-electron chi connectivity index (χ1n) is 11.5. The number of rotatable bonds is 11. The molecule has 0 saturated heterocycles. The van der Waals surface area contributed by atoms with Gasteiger partial charge in [-0.15, -0.1) is 0 Å². The van der Waals surface area contributed by atoms with E-state index in [4.69, 9.17) is 10.5 Å². The van der Waals surface area contributed by atoms with E-state index in [-0.39, 0.29) is 11.6 Å². The van der Waals surface area contributed by atoms with E-state index in [1.54, 1.807) is 42.2 Å². The van der Waals surface area contributed by atoms with Crippen LogP contribution in [0.1, 0.15) is 35.0 Å². The molecule has 0 spiro atoms. The summed E-state index contributed by atoms with van der Waals surface area (Å²) in [5.41, 5.74) is 8.48. The monoisotopic (exact) mass is 498 g/mol. The van der Waals surface area contributed by atoms with E-state index in [0.29, 0.717) is 61.0 Å². The molecular formula is C24H28F2N8O2. The Labute approximate surface area is 206 Å². The van der Waals surface area contributed by atoms with E-state index in [1.165, 1.54) is 10.9 Å². The highest BCUT2D eigenvalue weighted by atomic mass is 19.3. The van der Waals surface area contributed by atoms with Crippen LogP contribution in [0.3, 0.4) is 0 Å². The number of fused-ring (bicyclic) bond motifs is 1. The van der Waals surface area contributed by atoms with Crippen molar-refractivity contribution in [3.8, 4) is 11.3 Å². The molecule has 0 fully saturated rings. The minimum Gasteiger partial charge on any atom is -0.378 e. The largest absolute Gasteiger partial charge is 0.378 e. The zero-order valence-electron chi connectivity index (χ0n) is 20.0. The second-order valence-corrected chi connectivity index (χ2v) is 8.02. The molecule has 0 aliphatic heterocycles. The lowest BCUT2D eigenvalue weighted by Crippen LogP contribution is -2.28. The van der Waals surface area contributed by atoms with Gasteiger partial charge in [0.25, 0.3) is 12.3 Å². The lowest BCUT2D eigenvalue weighted by Gasteiger charge is -2.13. The van der Waals surface area contributed by atoms with Gasteiger partial charge in [0.05, 0.1) is 25.1 Å². The summed E-state index contributed by atoms with van der Waals surface area (Å²) in [6.07, 6.45) is 4.21. The Kier molecular flexibility index (Phi) is 7.86. The molecule has 190 valence electrons. The van der Waals surface area contributed by atoms with E-state index in [0.717, 1.165) is 11.3 Å². The van der Waals surface area contributed by atoms with E-state index >= 15 is 0 Å². The van der Waals surface area contributed by atoms with Gasteiger partial charge in [-0.25, -0.2) is 18.7 Å². The average Bonchev–Trinajstić information content (AvgIpc) is 3.47. The zero-order chi connectivity index (χ0) is 25.7. The summed E-state index contributed by atoms with van der Waals surface area (Å²) >= 11 is 0. The average molecular weight is 499 g/mol. The highest BCUT2D eigenvalue weighted by Gasteiger charge is 2.22. The third kappa shape index (κ3) is 5.34. The Balaban J connectivity index is 1.56. The van der Waals surface area contributed by atoms with Gasteiger partial charge in [0.15, 0.2) is 11.5 Å². The van der Waals surface area contributed by atoms with Crippen LogP contribution in [-0.2, 0) is 18.2 Å². The summed E-state index contributed by atoms with van der Waals surface area (Å²) in [5, 5.41) is 9.97. The Morgan fingerprint density at radius 1 is 1.25 bits per heavy atom. The zero-order valence-corrected chi connectivity index (χ0v) is 20.0. The SMILES string of the molecule is CCc1cc(Nc2nccn3c(-c4cn(C)nc4C(F)F)cnc23)ccc1C(=O)NCCOCCN. The van der Waals surface area contributed by atoms with Gasteiger partial charge >= 0.3 is 0 Å². The van der Waals surface area contributed by atoms with Crippen LogP contribution in [0, 0.1) is 0 Å². The van der Waals surface area contributed by atoms with Crippen LogP contribution in [0.25, 0.3) is 16.9 Å². The normalized spacial score (nSPS) is 11.4. The molecule has 3 aromatic heterocycles. The van der Waals surface area contributed by atoms with Gasteiger partial charge in [-0.1, -0.05) is 6.92 Å². The molecule has 0 atom stereocenters. The number of hydrogen-bond acceptors (Lipinski definition) is 7. The van der Waals surface area contributed by atoms with E-state index in [2.05, 4.69) is 25.7 Å². The summed E-state index contributed by atoms with van der Waals surface area (Å²) in [6, 6.07) is 5.41. The molecule has 3 heterocycles. The van der Waals surface area contributed by atoms with Gasteiger partial charge in [0.1, 0.15) is 5.69 Å². The number of benzene rings is 1. The topological polar surface area (TPSA) is 124 Å². The van der Waals surface area contributed by atoms with Gasteiger partial charge < -0.3 is 21.1 Å². The number of carbonyl (C=O) groups is 1. The fourth-order valence-corrected chi connectivity index (χ4v) is 3.91. The second kappa shape index (κ2) is 11.2. The number of hydrogen-bond donors (Lipinski definition) is 3. The smallest absolute Gasteiger partial charge is 0.282 e. The predicted octanol–water partition coefficient (Wildman–Crippen LogP) is 3.08. The van der Waals surface area contributed by atoms with Gasteiger partial charge in [0, 0.05) is 55.5 Å². The molecular weight excluding hydrogens is 470 g/mol. The van der Waals surface area contributed by atoms with Gasteiger partial charge in [-0.2, -0.15) is 5.10 Å². The Morgan fingerprint density at radius 2 is 2.08 bits per heavy atom. The first-order valence-corrected chi connectivity index (χ1v) is 11.5. The molecule has 4 rings (SSSR count). The van der Waals surface area contributed by atoms with Crippen molar-refractivity contribution in [1.82, 2.24) is 29.5 Å². The Morgan fingerprint density at radius 3 is 2.83 bits per heavy atom. The third-order valence-electron chi connectivity index (χ3n) is 5.56. The predicted molar refractivity (Wildman–Crippen MR) is 131 cm³/mol. The number of aryl methyl sites for hydroxylation is 2. The molecule has 0 saturated carbocycles. The van der Waals surface area contributed by atoms with Crippen molar-refractivity contribution in [2.24, 2.45) is 12.8 Å². The van der Waals surface area contributed by atoms with Crippen LogP contribution in [0.5, 0.6) is 0 Å². The van der Waals surface area contributed by atoms with Crippen molar-refractivity contribution in [3.63, 3.8) is 0 Å². The number of nitrogens with two attached hydrogens (primary N) is 1. The molecule has 0 aliphatic carbocycles. The highest BCUT2D eigenvalue weighted by Crippen LogP contribution is 2.32. The van der Waals surface area contributed by atoms with Gasteiger partial charge in [-0.3, -0.25) is 13.9 Å². The lowest BCUT2D eigenvalue weighted by molar-refractivity contribution is 0.0919. The summed E-state index contributed by atoms with van der Waals surface area (Å²) in [4.78, 5) is 21.4. The number of ether oxygens (including phenoxy) is 1. The van der Waals surface area contributed by atoms with Crippen LogP contribution < -0.4 is 16.4 Å². The van der Waals surface area contributed by atoms with Crippen LogP contribution in [0.15, 0.2) is 43.0 Å². The van der Waals surface area contributed by atoms with E-state index in [1.807, 2.05) is 13.0 Å². The minimum absolute atomic E-state index is 0.181. The van der Waals surface area contributed by atoms with Crippen molar-refractivity contribution < 1.29 is 18.3 Å². The maximum absolute atomic E-state index is 13.5. The van der Waals surface area contributed by atoms with Gasteiger partial charge in [-0.05, 0) is 30.2 Å². The number of carbonyl (C=O) groups excluding carboxylic acids is 1. The Hall–Kier alpha value is -3.90. The molecule has 4 aromatic rings. The molecule has 1 aromatic carbocycles. The molecule has 0 aliphatic rings. The Bertz CT molecular complexity index is 1350. The van der Waals surface area contributed by atoms with Crippen LogP contribution in [0.2, 0.25) is 0 Å². The lowest BCUT2D eigenvalue weighted by atomic mass is 10.0. The standard InChI is InChI=1S/C24H28F2N8O2/c1-3-15-12-16(4-5-17(15)24(35)29-8-11-36-10-6-27)31-22-23-30-13-19(34(23)9-7-28-22)18-14-33(2)32-20(18)21(25)26/h4-5,7,9,12-14,21H,3,6,8,10-11,27H2,1-2H3,(H,28,31)(H,29,35). The number of nitrogens with zero attached hydrogens (tertiary/aromatic N) is 5. The number of anilines is 2. The fraction of sp³-hybridized carbons (Fsp3) is 0.333. The van der Waals surface area contributed by atoms with Crippen LogP contribution in [0.4, 0.5) is 20.3 Å². The second-order valence-electron chi connectivity index (χ2n) is 8.02. The highest BCUT2D eigenvalue weighted by molar-refractivity contribution is 5.96. The summed E-state index contributed by atoms with van der Waals surface area (Å²) < 4.78 is 35.4. The van der Waals surface area contributed by atoms with Crippen molar-refractivity contribution in [3.05, 3.63) is 59.8 Å².